The van der Waals surface area contributed by atoms with Crippen LogP contribution in [0.4, 0.5) is 0 Å². The first-order chi connectivity index (χ1) is 9.24. The van der Waals surface area contributed by atoms with Crippen LogP contribution in [0.1, 0.15) is 31.7 Å². The maximum Gasteiger partial charge on any atom is 0.0652 e. The number of aliphatic hydroxyl groups excluding tert-OH is 1. The number of rotatable bonds is 7. The molecule has 1 aromatic rings. The van der Waals surface area contributed by atoms with Crippen molar-refractivity contribution in [2.75, 3.05) is 32.8 Å². The number of benzene rings is 1. The van der Waals surface area contributed by atoms with Gasteiger partial charge in [0, 0.05) is 0 Å². The highest BCUT2D eigenvalue weighted by Crippen LogP contribution is 2.19. The second kappa shape index (κ2) is 7.04. The molecular formula is C16H26N2O. The molecule has 0 aliphatic carbocycles. The third kappa shape index (κ3) is 4.03. The molecule has 1 heterocycles. The monoisotopic (exact) mass is 262 g/mol. The van der Waals surface area contributed by atoms with Gasteiger partial charge in [-0.05, 0) is 57.9 Å². The van der Waals surface area contributed by atoms with Crippen molar-refractivity contribution < 1.29 is 5.11 Å². The number of hydrogen-bond acceptors (Lipinski definition) is 3. The maximum atomic E-state index is 9.68. The Bertz CT molecular complexity index is 362. The Kier molecular flexibility index (Phi) is 5.37. The minimum atomic E-state index is -0.327. The zero-order chi connectivity index (χ0) is 13.6. The van der Waals surface area contributed by atoms with E-state index in [-0.39, 0.29) is 12.1 Å². The van der Waals surface area contributed by atoms with E-state index in [0.29, 0.717) is 0 Å². The van der Waals surface area contributed by atoms with Crippen LogP contribution in [0, 0.1) is 0 Å². The molecule has 0 aromatic heterocycles. The fraction of sp³-hybridized carbons (Fsp3) is 0.625. The van der Waals surface area contributed by atoms with Gasteiger partial charge < -0.3 is 15.3 Å². The third-order valence-corrected chi connectivity index (χ3v) is 4.09. The Morgan fingerprint density at radius 2 is 1.89 bits per heavy atom. The van der Waals surface area contributed by atoms with Gasteiger partial charge in [-0.1, -0.05) is 30.3 Å². The van der Waals surface area contributed by atoms with Crippen molar-refractivity contribution >= 4 is 0 Å². The Morgan fingerprint density at radius 1 is 1.21 bits per heavy atom. The molecule has 0 spiro atoms. The van der Waals surface area contributed by atoms with E-state index >= 15 is 0 Å². The predicted octanol–water partition coefficient (Wildman–Crippen LogP) is 1.97. The van der Waals surface area contributed by atoms with Crippen LogP contribution in [0.25, 0.3) is 0 Å². The van der Waals surface area contributed by atoms with E-state index in [2.05, 4.69) is 29.3 Å². The third-order valence-electron chi connectivity index (χ3n) is 4.09. The minimum Gasteiger partial charge on any atom is -0.394 e. The summed E-state index contributed by atoms with van der Waals surface area (Å²) in [7, 11) is 0. The van der Waals surface area contributed by atoms with Crippen LogP contribution >= 0.6 is 0 Å². The van der Waals surface area contributed by atoms with Crippen molar-refractivity contribution in [3.63, 3.8) is 0 Å². The van der Waals surface area contributed by atoms with Crippen LogP contribution in [0.2, 0.25) is 0 Å². The summed E-state index contributed by atoms with van der Waals surface area (Å²) in [6, 6.07) is 10.2. The summed E-state index contributed by atoms with van der Waals surface area (Å²) >= 11 is 0. The first kappa shape index (κ1) is 14.5. The number of hydrogen-bond donors (Lipinski definition) is 2. The number of aliphatic hydroxyl groups is 1. The Labute approximate surface area is 116 Å². The SMILES string of the molecule is CC(CO)(NCCCN1CCCC1)c1ccccc1. The maximum absolute atomic E-state index is 9.68. The zero-order valence-electron chi connectivity index (χ0n) is 11.9. The van der Waals surface area contributed by atoms with E-state index in [1.54, 1.807) is 0 Å². The lowest BCUT2D eigenvalue weighted by Crippen LogP contribution is -2.44. The average molecular weight is 262 g/mol. The van der Waals surface area contributed by atoms with Crippen LogP contribution < -0.4 is 5.32 Å². The highest BCUT2D eigenvalue weighted by molar-refractivity contribution is 5.23. The summed E-state index contributed by atoms with van der Waals surface area (Å²) in [5, 5.41) is 13.2. The number of likely N-dealkylation sites (tertiary alicyclic amines) is 1. The van der Waals surface area contributed by atoms with Gasteiger partial charge in [0.2, 0.25) is 0 Å². The molecule has 0 bridgehead atoms. The van der Waals surface area contributed by atoms with Crippen LogP contribution in [0.3, 0.4) is 0 Å². The summed E-state index contributed by atoms with van der Waals surface area (Å²) in [6.45, 7) is 6.83. The largest absolute Gasteiger partial charge is 0.394 e. The van der Waals surface area contributed by atoms with Gasteiger partial charge >= 0.3 is 0 Å². The summed E-state index contributed by atoms with van der Waals surface area (Å²) in [5.74, 6) is 0. The summed E-state index contributed by atoms with van der Waals surface area (Å²) in [6.07, 6.45) is 3.85. The van der Waals surface area contributed by atoms with E-state index < -0.39 is 0 Å². The van der Waals surface area contributed by atoms with E-state index in [9.17, 15) is 5.11 Å². The van der Waals surface area contributed by atoms with Crippen molar-refractivity contribution in [1.29, 1.82) is 0 Å². The summed E-state index contributed by atoms with van der Waals surface area (Å²) in [4.78, 5) is 2.53. The second-order valence-corrected chi connectivity index (χ2v) is 5.69. The molecule has 3 nitrogen and oxygen atoms in total. The molecule has 1 unspecified atom stereocenters. The first-order valence-corrected chi connectivity index (χ1v) is 7.38. The van der Waals surface area contributed by atoms with Crippen LogP contribution in [-0.4, -0.2) is 42.8 Å². The van der Waals surface area contributed by atoms with Crippen molar-refractivity contribution in [3.05, 3.63) is 35.9 Å². The van der Waals surface area contributed by atoms with E-state index in [1.807, 2.05) is 18.2 Å². The highest BCUT2D eigenvalue weighted by atomic mass is 16.3. The highest BCUT2D eigenvalue weighted by Gasteiger charge is 2.24. The predicted molar refractivity (Wildman–Crippen MR) is 79.2 cm³/mol. The normalized spacial score (nSPS) is 19.5. The van der Waals surface area contributed by atoms with Crippen LogP contribution in [0.15, 0.2) is 30.3 Å². The molecule has 2 rings (SSSR count). The van der Waals surface area contributed by atoms with E-state index in [0.717, 1.165) is 18.5 Å². The van der Waals surface area contributed by atoms with Crippen molar-refractivity contribution in [2.45, 2.75) is 31.7 Å². The van der Waals surface area contributed by atoms with Crippen molar-refractivity contribution in [3.8, 4) is 0 Å². The Morgan fingerprint density at radius 3 is 2.53 bits per heavy atom. The van der Waals surface area contributed by atoms with Gasteiger partial charge in [0.05, 0.1) is 12.1 Å². The van der Waals surface area contributed by atoms with Gasteiger partial charge in [0.1, 0.15) is 0 Å². The van der Waals surface area contributed by atoms with Crippen molar-refractivity contribution in [2.24, 2.45) is 0 Å². The molecule has 0 amide bonds. The zero-order valence-corrected chi connectivity index (χ0v) is 11.9. The topological polar surface area (TPSA) is 35.5 Å². The molecule has 2 N–H and O–H groups in total. The van der Waals surface area contributed by atoms with E-state index in [4.69, 9.17) is 0 Å². The lowest BCUT2D eigenvalue weighted by Gasteiger charge is -2.30. The summed E-state index contributed by atoms with van der Waals surface area (Å²) < 4.78 is 0. The lowest BCUT2D eigenvalue weighted by atomic mass is 9.93. The van der Waals surface area contributed by atoms with Crippen LogP contribution in [-0.2, 0) is 5.54 Å². The quantitative estimate of drug-likeness (QED) is 0.738. The van der Waals surface area contributed by atoms with Crippen LogP contribution in [0.5, 0.6) is 0 Å². The fourth-order valence-electron chi connectivity index (χ4n) is 2.73. The molecule has 1 aromatic carbocycles. The smallest absolute Gasteiger partial charge is 0.0652 e. The molecule has 1 saturated heterocycles. The van der Waals surface area contributed by atoms with Gasteiger partial charge in [-0.15, -0.1) is 0 Å². The Hall–Kier alpha value is -0.900. The molecule has 1 aliphatic heterocycles. The molecule has 1 aliphatic rings. The minimum absolute atomic E-state index is 0.126. The molecule has 1 fully saturated rings. The van der Waals surface area contributed by atoms with Gasteiger partial charge in [0.25, 0.3) is 0 Å². The second-order valence-electron chi connectivity index (χ2n) is 5.69. The van der Waals surface area contributed by atoms with Gasteiger partial charge in [-0.2, -0.15) is 0 Å². The van der Waals surface area contributed by atoms with Crippen molar-refractivity contribution in [1.82, 2.24) is 10.2 Å². The molecule has 19 heavy (non-hydrogen) atoms. The standard InChI is InChI=1S/C16H26N2O/c1-16(14-19,15-8-3-2-4-9-15)17-10-7-13-18-11-5-6-12-18/h2-4,8-9,17,19H,5-7,10-14H2,1H3. The average Bonchev–Trinajstić information content (AvgIpc) is 2.97. The number of nitrogens with one attached hydrogen (secondary N) is 1. The molecule has 106 valence electrons. The molecule has 1 atom stereocenters. The van der Waals surface area contributed by atoms with Gasteiger partial charge in [-0.3, -0.25) is 0 Å². The van der Waals surface area contributed by atoms with Gasteiger partial charge in [0.15, 0.2) is 0 Å². The molecule has 3 heteroatoms. The first-order valence-electron chi connectivity index (χ1n) is 7.38. The molecular weight excluding hydrogens is 236 g/mol. The van der Waals surface area contributed by atoms with Gasteiger partial charge in [-0.25, -0.2) is 0 Å². The molecule has 0 radical (unpaired) electrons. The number of nitrogens with zero attached hydrogens (tertiary/aromatic N) is 1. The fourth-order valence-corrected chi connectivity index (χ4v) is 2.73. The summed E-state index contributed by atoms with van der Waals surface area (Å²) in [5.41, 5.74) is 0.824. The molecule has 0 saturated carbocycles. The lowest BCUT2D eigenvalue weighted by molar-refractivity contribution is 0.173. The van der Waals surface area contributed by atoms with E-state index in [1.165, 1.54) is 32.5 Å². The Balaban J connectivity index is 1.78.